The van der Waals surface area contributed by atoms with E-state index in [1.807, 2.05) is 43.9 Å². The Kier molecular flexibility index (Phi) is 3.96. The molecule has 1 atom stereocenters. The number of aromatic nitrogens is 2. The van der Waals surface area contributed by atoms with Crippen LogP contribution >= 0.6 is 0 Å². The minimum absolute atomic E-state index is 0.0123. The van der Waals surface area contributed by atoms with Gasteiger partial charge in [0.15, 0.2) is 0 Å². The second kappa shape index (κ2) is 5.91. The van der Waals surface area contributed by atoms with Gasteiger partial charge in [0, 0.05) is 17.8 Å². The smallest absolute Gasteiger partial charge is 0.228 e. The molecule has 0 spiro atoms. The van der Waals surface area contributed by atoms with Crippen molar-refractivity contribution in [2.75, 3.05) is 0 Å². The second-order valence-corrected chi connectivity index (χ2v) is 5.94. The van der Waals surface area contributed by atoms with Crippen LogP contribution in [0.25, 0.3) is 0 Å². The van der Waals surface area contributed by atoms with Gasteiger partial charge in [0.25, 0.3) is 0 Å². The normalized spacial score (nSPS) is 15.6. The van der Waals surface area contributed by atoms with E-state index >= 15 is 0 Å². The summed E-state index contributed by atoms with van der Waals surface area (Å²) in [7, 11) is 0. The van der Waals surface area contributed by atoms with Gasteiger partial charge >= 0.3 is 0 Å². The summed E-state index contributed by atoms with van der Waals surface area (Å²) < 4.78 is 5.16. The van der Waals surface area contributed by atoms with Gasteiger partial charge in [0.1, 0.15) is 5.76 Å². The quantitative estimate of drug-likeness (QED) is 0.851. The molecule has 3 rings (SSSR count). The Balaban J connectivity index is 1.81. The van der Waals surface area contributed by atoms with Crippen molar-refractivity contribution < 1.29 is 9.32 Å². The molecule has 116 valence electrons. The SMILES string of the molecule is Cc1noc(C)c1CC(=O)N(C1CC1)[C@H](C)c1ccccn1. The van der Waals surface area contributed by atoms with Crippen LogP contribution in [-0.2, 0) is 11.2 Å². The molecule has 2 heterocycles. The number of hydrogen-bond donors (Lipinski definition) is 0. The molecular formula is C17H21N3O2. The summed E-state index contributed by atoms with van der Waals surface area (Å²) in [5, 5.41) is 3.93. The van der Waals surface area contributed by atoms with E-state index < -0.39 is 0 Å². The lowest BCUT2D eigenvalue weighted by Crippen LogP contribution is -2.37. The van der Waals surface area contributed by atoms with Crippen LogP contribution in [0.3, 0.4) is 0 Å². The van der Waals surface area contributed by atoms with E-state index in [0.717, 1.165) is 35.6 Å². The third-order valence-corrected chi connectivity index (χ3v) is 4.27. The number of rotatable bonds is 5. The number of carbonyl (C=O) groups is 1. The maximum atomic E-state index is 12.8. The number of hydrogen-bond acceptors (Lipinski definition) is 4. The first kappa shape index (κ1) is 14.8. The van der Waals surface area contributed by atoms with E-state index in [9.17, 15) is 4.79 Å². The second-order valence-electron chi connectivity index (χ2n) is 5.94. The minimum Gasteiger partial charge on any atom is -0.361 e. The van der Waals surface area contributed by atoms with Crippen LogP contribution in [0.5, 0.6) is 0 Å². The Morgan fingerprint density at radius 1 is 1.41 bits per heavy atom. The predicted octanol–water partition coefficient (Wildman–Crippen LogP) is 2.98. The standard InChI is InChI=1S/C17H21N3O2/c1-11-15(13(3)22-19-11)10-17(21)20(14-7-8-14)12(2)16-6-4-5-9-18-16/h4-6,9,12,14H,7-8,10H2,1-3H3/t12-/m1/s1. The van der Waals surface area contributed by atoms with Crippen molar-refractivity contribution in [2.45, 2.75) is 52.1 Å². The first-order valence-corrected chi connectivity index (χ1v) is 7.71. The Morgan fingerprint density at radius 3 is 2.73 bits per heavy atom. The molecule has 1 saturated carbocycles. The molecule has 5 heteroatoms. The van der Waals surface area contributed by atoms with E-state index in [2.05, 4.69) is 10.1 Å². The van der Waals surface area contributed by atoms with E-state index in [1.54, 1.807) is 6.20 Å². The maximum absolute atomic E-state index is 12.8. The molecule has 0 bridgehead atoms. The van der Waals surface area contributed by atoms with Gasteiger partial charge in [-0.05, 0) is 45.7 Å². The van der Waals surface area contributed by atoms with Gasteiger partial charge < -0.3 is 9.42 Å². The van der Waals surface area contributed by atoms with Crippen LogP contribution < -0.4 is 0 Å². The zero-order valence-corrected chi connectivity index (χ0v) is 13.2. The van der Waals surface area contributed by atoms with Gasteiger partial charge in [-0.15, -0.1) is 0 Å². The molecule has 0 N–H and O–H groups in total. The van der Waals surface area contributed by atoms with Crippen LogP contribution in [0.1, 0.15) is 48.5 Å². The van der Waals surface area contributed by atoms with Gasteiger partial charge in [-0.1, -0.05) is 11.2 Å². The van der Waals surface area contributed by atoms with Crippen LogP contribution in [0.2, 0.25) is 0 Å². The van der Waals surface area contributed by atoms with E-state index in [-0.39, 0.29) is 11.9 Å². The summed E-state index contributed by atoms with van der Waals surface area (Å²) in [4.78, 5) is 19.2. The molecule has 2 aromatic heterocycles. The van der Waals surface area contributed by atoms with E-state index in [0.29, 0.717) is 12.5 Å². The van der Waals surface area contributed by atoms with Crippen molar-refractivity contribution in [3.05, 3.63) is 47.1 Å². The van der Waals surface area contributed by atoms with Crippen molar-refractivity contribution in [1.82, 2.24) is 15.0 Å². The van der Waals surface area contributed by atoms with E-state index in [4.69, 9.17) is 4.52 Å². The number of nitrogens with zero attached hydrogens (tertiary/aromatic N) is 3. The highest BCUT2D eigenvalue weighted by molar-refractivity contribution is 5.80. The molecule has 0 saturated heterocycles. The molecule has 1 aliphatic carbocycles. The topological polar surface area (TPSA) is 59.2 Å². The van der Waals surface area contributed by atoms with Gasteiger partial charge in [-0.25, -0.2) is 0 Å². The van der Waals surface area contributed by atoms with Crippen molar-refractivity contribution in [1.29, 1.82) is 0 Å². The predicted molar refractivity (Wildman–Crippen MR) is 82.2 cm³/mol. The summed E-state index contributed by atoms with van der Waals surface area (Å²) in [6.45, 7) is 5.78. The zero-order valence-electron chi connectivity index (χ0n) is 13.2. The Hall–Kier alpha value is -2.17. The fraction of sp³-hybridized carbons (Fsp3) is 0.471. The lowest BCUT2D eigenvalue weighted by Gasteiger charge is -2.29. The molecule has 0 aromatic carbocycles. The average molecular weight is 299 g/mol. The van der Waals surface area contributed by atoms with Crippen LogP contribution in [-0.4, -0.2) is 27.0 Å². The molecule has 5 nitrogen and oxygen atoms in total. The van der Waals surface area contributed by atoms with Crippen molar-refractivity contribution >= 4 is 5.91 Å². The van der Waals surface area contributed by atoms with Crippen LogP contribution in [0.4, 0.5) is 0 Å². The fourth-order valence-electron chi connectivity index (χ4n) is 2.85. The Bertz CT molecular complexity index is 642. The van der Waals surface area contributed by atoms with Gasteiger partial charge in [0.05, 0.1) is 23.9 Å². The average Bonchev–Trinajstić information content (AvgIpc) is 3.30. The van der Waals surface area contributed by atoms with Gasteiger partial charge in [-0.2, -0.15) is 0 Å². The summed E-state index contributed by atoms with van der Waals surface area (Å²) >= 11 is 0. The fourth-order valence-corrected chi connectivity index (χ4v) is 2.85. The highest BCUT2D eigenvalue weighted by atomic mass is 16.5. The lowest BCUT2D eigenvalue weighted by molar-refractivity contribution is -0.133. The Labute approximate surface area is 130 Å². The monoisotopic (exact) mass is 299 g/mol. The van der Waals surface area contributed by atoms with Crippen molar-refractivity contribution in [3.63, 3.8) is 0 Å². The molecular weight excluding hydrogens is 278 g/mol. The minimum atomic E-state index is -0.0123. The van der Waals surface area contributed by atoms with E-state index in [1.165, 1.54) is 0 Å². The van der Waals surface area contributed by atoms with Crippen LogP contribution in [0, 0.1) is 13.8 Å². The highest BCUT2D eigenvalue weighted by Gasteiger charge is 2.37. The molecule has 22 heavy (non-hydrogen) atoms. The first-order chi connectivity index (χ1) is 10.6. The Morgan fingerprint density at radius 2 is 2.18 bits per heavy atom. The van der Waals surface area contributed by atoms with Crippen molar-refractivity contribution in [3.8, 4) is 0 Å². The summed E-state index contributed by atoms with van der Waals surface area (Å²) in [5.74, 6) is 0.849. The summed E-state index contributed by atoms with van der Waals surface area (Å²) in [6, 6.07) is 6.15. The van der Waals surface area contributed by atoms with Gasteiger partial charge in [-0.3, -0.25) is 9.78 Å². The number of pyridine rings is 1. The number of aryl methyl sites for hydroxylation is 2. The van der Waals surface area contributed by atoms with Crippen molar-refractivity contribution in [2.24, 2.45) is 0 Å². The molecule has 1 aliphatic rings. The highest BCUT2D eigenvalue weighted by Crippen LogP contribution is 2.34. The third kappa shape index (κ3) is 2.89. The number of carbonyl (C=O) groups excluding carboxylic acids is 1. The lowest BCUT2D eigenvalue weighted by atomic mass is 10.1. The molecule has 2 aromatic rings. The maximum Gasteiger partial charge on any atom is 0.228 e. The first-order valence-electron chi connectivity index (χ1n) is 7.71. The largest absolute Gasteiger partial charge is 0.361 e. The molecule has 1 fully saturated rings. The molecule has 1 amide bonds. The molecule has 0 radical (unpaired) electrons. The van der Waals surface area contributed by atoms with Crippen LogP contribution in [0.15, 0.2) is 28.9 Å². The molecule has 0 unspecified atom stereocenters. The zero-order chi connectivity index (χ0) is 15.7. The third-order valence-electron chi connectivity index (χ3n) is 4.27. The molecule has 0 aliphatic heterocycles. The van der Waals surface area contributed by atoms with Gasteiger partial charge in [0.2, 0.25) is 5.91 Å². The summed E-state index contributed by atoms with van der Waals surface area (Å²) in [5.41, 5.74) is 2.64. The summed E-state index contributed by atoms with van der Waals surface area (Å²) in [6.07, 6.45) is 4.26. The number of amides is 1.